The van der Waals surface area contributed by atoms with Gasteiger partial charge in [-0.15, -0.1) is 11.6 Å². The van der Waals surface area contributed by atoms with Gasteiger partial charge >= 0.3 is 0 Å². The van der Waals surface area contributed by atoms with Crippen LogP contribution >= 0.6 is 11.6 Å². The minimum absolute atomic E-state index is 0.622. The van der Waals surface area contributed by atoms with Gasteiger partial charge < -0.3 is 5.01 Å². The topological polar surface area (TPSA) is 21.1 Å². The molecule has 96 valence electrons. The number of rotatable bonds is 3. The molecule has 0 N–H and O–H groups in total. The number of alkyl halides is 1. The Labute approximate surface area is 112 Å². The van der Waals surface area contributed by atoms with E-state index < -0.39 is 0 Å². The molecule has 0 aliphatic carbocycles. The Morgan fingerprint density at radius 1 is 1.11 bits per heavy atom. The van der Waals surface area contributed by atoms with Crippen LogP contribution < -0.4 is 5.01 Å². The highest BCUT2D eigenvalue weighted by Gasteiger charge is 2.17. The molecule has 3 nitrogen and oxygen atoms in total. The lowest BCUT2D eigenvalue weighted by molar-refractivity contribution is 0.476. The van der Waals surface area contributed by atoms with Crippen LogP contribution in [0.4, 0.5) is 0 Å². The van der Waals surface area contributed by atoms with E-state index in [2.05, 4.69) is 27.9 Å². The highest BCUT2D eigenvalue weighted by molar-refractivity contribution is 6.17. The number of piperidine rings is 1. The normalized spacial score (nSPS) is 16.4. The van der Waals surface area contributed by atoms with Gasteiger partial charge in [0.1, 0.15) is 5.82 Å². The number of para-hydroxylation sites is 2. The van der Waals surface area contributed by atoms with Crippen LogP contribution in [0.25, 0.3) is 11.0 Å². The van der Waals surface area contributed by atoms with Crippen molar-refractivity contribution < 1.29 is 0 Å². The molecular formula is C14H18ClN3. The standard InChI is InChI=1S/C14H18ClN3/c15-9-8-14-16-12-6-2-3-7-13(12)18(14)17-10-4-1-5-11-17/h2-3,6-7H,1,4-5,8-11H2. The van der Waals surface area contributed by atoms with Crippen molar-refractivity contribution in [2.24, 2.45) is 0 Å². The predicted octanol–water partition coefficient (Wildman–Crippen LogP) is 2.94. The quantitative estimate of drug-likeness (QED) is 0.794. The molecule has 4 heteroatoms. The summed E-state index contributed by atoms with van der Waals surface area (Å²) in [5.41, 5.74) is 2.28. The molecule has 0 saturated carbocycles. The first-order chi connectivity index (χ1) is 8.90. The van der Waals surface area contributed by atoms with Crippen molar-refractivity contribution in [2.75, 3.05) is 24.0 Å². The van der Waals surface area contributed by atoms with Crippen molar-refractivity contribution in [2.45, 2.75) is 25.7 Å². The summed E-state index contributed by atoms with van der Waals surface area (Å²) >= 11 is 5.90. The third kappa shape index (κ3) is 2.07. The zero-order valence-electron chi connectivity index (χ0n) is 10.5. The highest BCUT2D eigenvalue weighted by Crippen LogP contribution is 2.19. The van der Waals surface area contributed by atoms with Gasteiger partial charge in [0.05, 0.1) is 11.0 Å². The van der Waals surface area contributed by atoms with E-state index in [4.69, 9.17) is 16.6 Å². The second kappa shape index (κ2) is 5.19. The van der Waals surface area contributed by atoms with Crippen LogP contribution in [-0.4, -0.2) is 28.6 Å². The summed E-state index contributed by atoms with van der Waals surface area (Å²) in [7, 11) is 0. The number of fused-ring (bicyclic) bond motifs is 1. The highest BCUT2D eigenvalue weighted by atomic mass is 35.5. The Balaban J connectivity index is 2.07. The number of hydrogen-bond donors (Lipinski definition) is 0. The fourth-order valence-electron chi connectivity index (χ4n) is 2.70. The van der Waals surface area contributed by atoms with Gasteiger partial charge in [0.25, 0.3) is 0 Å². The Kier molecular flexibility index (Phi) is 3.41. The lowest BCUT2D eigenvalue weighted by Gasteiger charge is -2.31. The number of halogens is 1. The molecule has 0 unspecified atom stereocenters. The van der Waals surface area contributed by atoms with Gasteiger partial charge in [-0.2, -0.15) is 0 Å². The fourth-order valence-corrected chi connectivity index (χ4v) is 2.87. The van der Waals surface area contributed by atoms with E-state index in [0.717, 1.165) is 30.9 Å². The van der Waals surface area contributed by atoms with Crippen molar-refractivity contribution in [3.63, 3.8) is 0 Å². The summed E-state index contributed by atoms with van der Waals surface area (Å²) in [6, 6.07) is 8.34. The maximum absolute atomic E-state index is 5.90. The van der Waals surface area contributed by atoms with Crippen molar-refractivity contribution in [1.82, 2.24) is 9.66 Å². The SMILES string of the molecule is ClCCc1nc2ccccc2n1N1CCCCC1. The average molecular weight is 264 g/mol. The largest absolute Gasteiger partial charge is 0.311 e. The number of benzene rings is 1. The van der Waals surface area contributed by atoms with E-state index in [0.29, 0.717) is 5.88 Å². The average Bonchev–Trinajstić information content (AvgIpc) is 2.78. The molecule has 1 aliphatic rings. The van der Waals surface area contributed by atoms with Gasteiger partial charge in [0, 0.05) is 25.4 Å². The predicted molar refractivity (Wildman–Crippen MR) is 76.0 cm³/mol. The molecule has 1 aromatic heterocycles. The first-order valence-electron chi connectivity index (χ1n) is 6.68. The smallest absolute Gasteiger partial charge is 0.130 e. The van der Waals surface area contributed by atoms with E-state index in [-0.39, 0.29) is 0 Å². The summed E-state index contributed by atoms with van der Waals surface area (Å²) in [5, 5.41) is 2.42. The van der Waals surface area contributed by atoms with Crippen LogP contribution in [0.5, 0.6) is 0 Å². The molecule has 0 amide bonds. The second-order valence-corrected chi connectivity index (χ2v) is 5.16. The molecule has 0 radical (unpaired) electrons. The fraction of sp³-hybridized carbons (Fsp3) is 0.500. The van der Waals surface area contributed by atoms with E-state index >= 15 is 0 Å². The van der Waals surface area contributed by atoms with E-state index in [1.54, 1.807) is 0 Å². The molecule has 3 rings (SSSR count). The number of aryl methyl sites for hydroxylation is 1. The van der Waals surface area contributed by atoms with Gasteiger partial charge in [-0.1, -0.05) is 12.1 Å². The van der Waals surface area contributed by atoms with Crippen molar-refractivity contribution >= 4 is 22.6 Å². The Bertz CT molecular complexity index is 529. The second-order valence-electron chi connectivity index (χ2n) is 4.78. The molecule has 0 spiro atoms. The van der Waals surface area contributed by atoms with E-state index in [1.165, 1.54) is 24.8 Å². The summed E-state index contributed by atoms with van der Waals surface area (Å²) < 4.78 is 2.29. The first-order valence-corrected chi connectivity index (χ1v) is 7.21. The van der Waals surface area contributed by atoms with Crippen molar-refractivity contribution in [3.05, 3.63) is 30.1 Å². The molecule has 1 aromatic carbocycles. The molecule has 0 bridgehead atoms. The Morgan fingerprint density at radius 3 is 2.67 bits per heavy atom. The summed E-state index contributed by atoms with van der Waals surface area (Å²) in [4.78, 5) is 4.71. The van der Waals surface area contributed by atoms with Crippen LogP contribution in [-0.2, 0) is 6.42 Å². The van der Waals surface area contributed by atoms with E-state index in [1.807, 2.05) is 6.07 Å². The molecule has 2 heterocycles. The van der Waals surface area contributed by atoms with Crippen LogP contribution in [0.2, 0.25) is 0 Å². The van der Waals surface area contributed by atoms with Gasteiger partial charge in [-0.3, -0.25) is 0 Å². The minimum atomic E-state index is 0.622. The summed E-state index contributed by atoms with van der Waals surface area (Å²) in [5.74, 6) is 1.71. The summed E-state index contributed by atoms with van der Waals surface area (Å²) in [6.45, 7) is 2.24. The number of nitrogens with zero attached hydrogens (tertiary/aromatic N) is 3. The zero-order chi connectivity index (χ0) is 12.4. The zero-order valence-corrected chi connectivity index (χ0v) is 11.2. The lowest BCUT2D eigenvalue weighted by atomic mass is 10.2. The molecule has 1 fully saturated rings. The maximum Gasteiger partial charge on any atom is 0.130 e. The molecule has 2 aromatic rings. The lowest BCUT2D eigenvalue weighted by Crippen LogP contribution is -2.40. The van der Waals surface area contributed by atoms with Gasteiger partial charge in [0.15, 0.2) is 0 Å². The summed E-state index contributed by atoms with van der Waals surface area (Å²) in [6.07, 6.45) is 4.71. The third-order valence-corrected chi connectivity index (χ3v) is 3.73. The van der Waals surface area contributed by atoms with Crippen LogP contribution in [0.1, 0.15) is 25.1 Å². The number of aromatic nitrogens is 2. The number of hydrogen-bond acceptors (Lipinski definition) is 2. The van der Waals surface area contributed by atoms with Crippen LogP contribution in [0, 0.1) is 0 Å². The first kappa shape index (κ1) is 11.8. The van der Waals surface area contributed by atoms with Crippen molar-refractivity contribution in [3.8, 4) is 0 Å². The molecular weight excluding hydrogens is 246 g/mol. The molecule has 1 saturated heterocycles. The Morgan fingerprint density at radius 2 is 1.89 bits per heavy atom. The van der Waals surface area contributed by atoms with E-state index in [9.17, 15) is 0 Å². The molecule has 18 heavy (non-hydrogen) atoms. The minimum Gasteiger partial charge on any atom is -0.311 e. The third-order valence-electron chi connectivity index (χ3n) is 3.54. The number of imidazole rings is 1. The molecule has 0 atom stereocenters. The van der Waals surface area contributed by atoms with Crippen molar-refractivity contribution in [1.29, 1.82) is 0 Å². The van der Waals surface area contributed by atoms with Crippen LogP contribution in [0.15, 0.2) is 24.3 Å². The molecule has 1 aliphatic heterocycles. The Hall–Kier alpha value is -1.22. The monoisotopic (exact) mass is 263 g/mol. The maximum atomic E-state index is 5.90. The van der Waals surface area contributed by atoms with Gasteiger partial charge in [0.2, 0.25) is 0 Å². The van der Waals surface area contributed by atoms with Gasteiger partial charge in [-0.25, -0.2) is 9.66 Å². The van der Waals surface area contributed by atoms with Crippen LogP contribution in [0.3, 0.4) is 0 Å². The van der Waals surface area contributed by atoms with Gasteiger partial charge in [-0.05, 0) is 31.4 Å².